The molecule has 1 unspecified atom stereocenters. The number of hydrogen-bond acceptors (Lipinski definition) is 3. The Bertz CT molecular complexity index is 172. The summed E-state index contributed by atoms with van der Waals surface area (Å²) in [5.74, 6) is 0. The molecule has 17 heavy (non-hydrogen) atoms. The molecular weight excluding hydrogens is 214 g/mol. The van der Waals surface area contributed by atoms with Gasteiger partial charge in [-0.3, -0.25) is 0 Å². The number of hydrogen-bond donors (Lipinski definition) is 1. The van der Waals surface area contributed by atoms with Crippen LogP contribution < -0.4 is 5.32 Å². The van der Waals surface area contributed by atoms with Gasteiger partial charge in [-0.2, -0.15) is 0 Å². The Morgan fingerprint density at radius 1 is 1.18 bits per heavy atom. The van der Waals surface area contributed by atoms with E-state index >= 15 is 0 Å². The summed E-state index contributed by atoms with van der Waals surface area (Å²) in [5.41, 5.74) is -0.0161. The first-order chi connectivity index (χ1) is 8.05. The first-order valence-corrected chi connectivity index (χ1v) is 6.92. The van der Waals surface area contributed by atoms with E-state index in [0.29, 0.717) is 6.04 Å². The van der Waals surface area contributed by atoms with E-state index < -0.39 is 0 Å². The van der Waals surface area contributed by atoms with Crippen molar-refractivity contribution in [2.24, 2.45) is 0 Å². The maximum absolute atomic E-state index is 5.46. The average molecular weight is 245 g/mol. The lowest BCUT2D eigenvalue weighted by Crippen LogP contribution is -2.34. The zero-order valence-corrected chi connectivity index (χ0v) is 12.3. The lowest BCUT2D eigenvalue weighted by atomic mass is 9.97. The minimum Gasteiger partial charge on any atom is -0.382 e. The topological polar surface area (TPSA) is 30.5 Å². The lowest BCUT2D eigenvalue weighted by Gasteiger charge is -2.26. The summed E-state index contributed by atoms with van der Waals surface area (Å²) >= 11 is 0. The van der Waals surface area contributed by atoms with E-state index in [9.17, 15) is 0 Å². The van der Waals surface area contributed by atoms with E-state index in [-0.39, 0.29) is 5.60 Å². The van der Waals surface area contributed by atoms with Crippen LogP contribution in [0.4, 0.5) is 0 Å². The van der Waals surface area contributed by atoms with Crippen molar-refractivity contribution in [2.45, 2.75) is 65.0 Å². The predicted octanol–water partition coefficient (Wildman–Crippen LogP) is 2.99. The summed E-state index contributed by atoms with van der Waals surface area (Å²) in [7, 11) is 1.79. The van der Waals surface area contributed by atoms with Crippen molar-refractivity contribution in [3.8, 4) is 0 Å². The quantitative estimate of drug-likeness (QED) is 0.568. The van der Waals surface area contributed by atoms with E-state index in [1.165, 1.54) is 6.42 Å². The van der Waals surface area contributed by atoms with Crippen LogP contribution in [0, 0.1) is 0 Å². The van der Waals surface area contributed by atoms with Crippen molar-refractivity contribution in [3.63, 3.8) is 0 Å². The molecule has 0 radical (unpaired) electrons. The fourth-order valence-electron chi connectivity index (χ4n) is 1.69. The summed E-state index contributed by atoms with van der Waals surface area (Å²) in [6, 6.07) is 0.552. The van der Waals surface area contributed by atoms with Crippen LogP contribution in [0.1, 0.15) is 53.4 Å². The highest BCUT2D eigenvalue weighted by Gasteiger charge is 2.18. The molecule has 0 aromatic rings. The molecule has 0 saturated heterocycles. The van der Waals surface area contributed by atoms with Gasteiger partial charge in [-0.05, 0) is 53.0 Å². The van der Waals surface area contributed by atoms with Gasteiger partial charge in [0, 0.05) is 26.4 Å². The van der Waals surface area contributed by atoms with Crippen LogP contribution in [0.25, 0.3) is 0 Å². The second-order valence-corrected chi connectivity index (χ2v) is 5.14. The van der Waals surface area contributed by atoms with Crippen molar-refractivity contribution in [1.29, 1.82) is 0 Å². The van der Waals surface area contributed by atoms with E-state index in [1.807, 2.05) is 6.92 Å². The molecule has 104 valence electrons. The van der Waals surface area contributed by atoms with Gasteiger partial charge in [0.25, 0.3) is 0 Å². The van der Waals surface area contributed by atoms with Gasteiger partial charge in [-0.1, -0.05) is 6.92 Å². The second-order valence-electron chi connectivity index (χ2n) is 5.14. The van der Waals surface area contributed by atoms with Crippen LogP contribution in [-0.2, 0) is 9.47 Å². The molecule has 3 heteroatoms. The van der Waals surface area contributed by atoms with Gasteiger partial charge in [0.1, 0.15) is 0 Å². The zero-order chi connectivity index (χ0) is 13.1. The molecule has 1 atom stereocenters. The standard InChI is InChI=1S/C14H31NO2/c1-6-11-15-13(9-12-17-7-2)8-10-14(3,4)16-5/h13,15H,6-12H2,1-5H3. The van der Waals surface area contributed by atoms with Gasteiger partial charge in [0.15, 0.2) is 0 Å². The third-order valence-corrected chi connectivity index (χ3v) is 3.15. The third-order valence-electron chi connectivity index (χ3n) is 3.15. The SMILES string of the molecule is CCCNC(CCOCC)CCC(C)(C)OC. The highest BCUT2D eigenvalue weighted by atomic mass is 16.5. The number of rotatable bonds is 11. The molecular formula is C14H31NO2. The minimum atomic E-state index is -0.0161. The van der Waals surface area contributed by atoms with Crippen LogP contribution in [0.2, 0.25) is 0 Å². The van der Waals surface area contributed by atoms with E-state index in [0.717, 1.165) is 39.0 Å². The molecule has 0 fully saturated rings. The van der Waals surface area contributed by atoms with Crippen molar-refractivity contribution >= 4 is 0 Å². The fraction of sp³-hybridized carbons (Fsp3) is 1.00. The molecule has 0 aromatic heterocycles. The highest BCUT2D eigenvalue weighted by Crippen LogP contribution is 2.17. The highest BCUT2D eigenvalue weighted by molar-refractivity contribution is 4.74. The van der Waals surface area contributed by atoms with Gasteiger partial charge in [0.05, 0.1) is 5.60 Å². The first kappa shape index (κ1) is 16.9. The summed E-state index contributed by atoms with van der Waals surface area (Å²) in [6.07, 6.45) is 4.50. The van der Waals surface area contributed by atoms with E-state index in [2.05, 4.69) is 26.1 Å². The Labute approximate surface area is 107 Å². The molecule has 0 aliphatic heterocycles. The Morgan fingerprint density at radius 3 is 2.41 bits per heavy atom. The van der Waals surface area contributed by atoms with Gasteiger partial charge >= 0.3 is 0 Å². The van der Waals surface area contributed by atoms with Crippen LogP contribution >= 0.6 is 0 Å². The molecule has 1 N–H and O–H groups in total. The van der Waals surface area contributed by atoms with Crippen molar-refractivity contribution in [3.05, 3.63) is 0 Å². The maximum Gasteiger partial charge on any atom is 0.0623 e. The van der Waals surface area contributed by atoms with Crippen LogP contribution in [0.5, 0.6) is 0 Å². The molecule has 0 aromatic carbocycles. The Morgan fingerprint density at radius 2 is 1.88 bits per heavy atom. The molecule has 0 rings (SSSR count). The van der Waals surface area contributed by atoms with Gasteiger partial charge in [-0.15, -0.1) is 0 Å². The van der Waals surface area contributed by atoms with E-state index in [1.54, 1.807) is 7.11 Å². The summed E-state index contributed by atoms with van der Waals surface area (Å²) in [4.78, 5) is 0. The van der Waals surface area contributed by atoms with Gasteiger partial charge < -0.3 is 14.8 Å². The Hall–Kier alpha value is -0.120. The fourth-order valence-corrected chi connectivity index (χ4v) is 1.69. The summed E-state index contributed by atoms with van der Waals surface area (Å²) in [5, 5.41) is 3.59. The Balaban J connectivity index is 3.91. The maximum atomic E-state index is 5.46. The third kappa shape index (κ3) is 9.57. The van der Waals surface area contributed by atoms with Gasteiger partial charge in [0.2, 0.25) is 0 Å². The molecule has 0 aliphatic carbocycles. The lowest BCUT2D eigenvalue weighted by molar-refractivity contribution is 0.0107. The van der Waals surface area contributed by atoms with Crippen LogP contribution in [0.3, 0.4) is 0 Å². The van der Waals surface area contributed by atoms with E-state index in [4.69, 9.17) is 9.47 Å². The summed E-state index contributed by atoms with van der Waals surface area (Å²) < 4.78 is 10.9. The first-order valence-electron chi connectivity index (χ1n) is 6.92. The van der Waals surface area contributed by atoms with Gasteiger partial charge in [-0.25, -0.2) is 0 Å². The molecule has 0 saturated carbocycles. The van der Waals surface area contributed by atoms with Crippen LogP contribution in [-0.4, -0.2) is 38.5 Å². The normalized spacial score (nSPS) is 13.9. The van der Waals surface area contributed by atoms with Crippen molar-refractivity contribution in [2.75, 3.05) is 26.9 Å². The molecule has 0 spiro atoms. The smallest absolute Gasteiger partial charge is 0.0623 e. The molecule has 0 amide bonds. The molecule has 0 heterocycles. The summed E-state index contributed by atoms with van der Waals surface area (Å²) in [6.45, 7) is 11.3. The average Bonchev–Trinajstić information content (AvgIpc) is 2.32. The number of nitrogens with one attached hydrogen (secondary N) is 1. The van der Waals surface area contributed by atoms with Crippen molar-refractivity contribution < 1.29 is 9.47 Å². The van der Waals surface area contributed by atoms with Crippen LogP contribution in [0.15, 0.2) is 0 Å². The predicted molar refractivity (Wildman–Crippen MR) is 73.5 cm³/mol. The monoisotopic (exact) mass is 245 g/mol. The molecule has 0 bridgehead atoms. The number of ether oxygens (including phenoxy) is 2. The number of methoxy groups -OCH3 is 1. The zero-order valence-electron chi connectivity index (χ0n) is 12.3. The molecule has 3 nitrogen and oxygen atoms in total. The largest absolute Gasteiger partial charge is 0.382 e. The molecule has 0 aliphatic rings. The Kier molecular flexibility index (Phi) is 9.79. The van der Waals surface area contributed by atoms with Crippen molar-refractivity contribution in [1.82, 2.24) is 5.32 Å². The second kappa shape index (κ2) is 9.86. The minimum absolute atomic E-state index is 0.0161.